The molecule has 1 N–H and O–H groups in total. The van der Waals surface area contributed by atoms with E-state index < -0.39 is 0 Å². The van der Waals surface area contributed by atoms with Gasteiger partial charge in [-0.2, -0.15) is 0 Å². The number of anilines is 1. The maximum atomic E-state index is 12.7. The Balaban J connectivity index is 1.15. The Morgan fingerprint density at radius 2 is 1.30 bits per heavy atom. The number of ketones is 2. The minimum atomic E-state index is -0.145. The zero-order chi connectivity index (χ0) is 28.1. The molecule has 3 heterocycles. The van der Waals surface area contributed by atoms with E-state index in [2.05, 4.69) is 9.80 Å². The van der Waals surface area contributed by atoms with Gasteiger partial charge in [0.25, 0.3) is 0 Å². The number of benzene rings is 2. The summed E-state index contributed by atoms with van der Waals surface area (Å²) in [6.07, 6.45) is 6.36. The van der Waals surface area contributed by atoms with Crippen LogP contribution < -0.4 is 4.90 Å². The van der Waals surface area contributed by atoms with Gasteiger partial charge in [0.1, 0.15) is 28.8 Å². The summed E-state index contributed by atoms with van der Waals surface area (Å²) in [5, 5.41) is 10.4. The van der Waals surface area contributed by atoms with Crippen molar-refractivity contribution in [3.05, 3.63) is 119 Å². The van der Waals surface area contributed by atoms with Gasteiger partial charge in [-0.3, -0.25) is 14.5 Å². The van der Waals surface area contributed by atoms with Gasteiger partial charge in [0.2, 0.25) is 0 Å². The highest BCUT2D eigenvalue weighted by atomic mass is 16.3. The Bertz CT molecular complexity index is 1550. The normalized spacial score (nSPS) is 14.4. The first-order valence-corrected chi connectivity index (χ1v) is 13.3. The topological polar surface area (TPSA) is 87.1 Å². The molecule has 0 amide bonds. The highest BCUT2D eigenvalue weighted by molar-refractivity contribution is 6.07. The third kappa shape index (κ3) is 6.68. The minimum absolute atomic E-state index is 0.0718. The molecule has 0 bridgehead atoms. The van der Waals surface area contributed by atoms with Crippen LogP contribution in [0.3, 0.4) is 0 Å². The van der Waals surface area contributed by atoms with Gasteiger partial charge in [-0.1, -0.05) is 0 Å². The van der Waals surface area contributed by atoms with Crippen LogP contribution in [0, 0.1) is 13.8 Å². The van der Waals surface area contributed by atoms with E-state index in [9.17, 15) is 14.7 Å². The smallest absolute Gasteiger partial charge is 0.185 e. The molecule has 0 radical (unpaired) electrons. The van der Waals surface area contributed by atoms with E-state index in [4.69, 9.17) is 8.83 Å². The average Bonchev–Trinajstić information content (AvgIpc) is 3.59. The lowest BCUT2D eigenvalue weighted by Crippen LogP contribution is -2.46. The summed E-state index contributed by atoms with van der Waals surface area (Å²) < 4.78 is 11.0. The van der Waals surface area contributed by atoms with Crippen LogP contribution >= 0.6 is 0 Å². The summed E-state index contributed by atoms with van der Waals surface area (Å²) >= 11 is 0. The Morgan fingerprint density at radius 3 is 1.85 bits per heavy atom. The van der Waals surface area contributed by atoms with Gasteiger partial charge >= 0.3 is 0 Å². The summed E-state index contributed by atoms with van der Waals surface area (Å²) in [6, 6.07) is 20.0. The molecule has 4 aromatic rings. The van der Waals surface area contributed by atoms with Crippen molar-refractivity contribution in [1.29, 1.82) is 0 Å². The molecule has 0 saturated carbocycles. The lowest BCUT2D eigenvalue weighted by Gasteiger charge is -2.36. The van der Waals surface area contributed by atoms with E-state index in [0.29, 0.717) is 29.2 Å². The quantitative estimate of drug-likeness (QED) is 0.198. The van der Waals surface area contributed by atoms with E-state index in [1.54, 1.807) is 30.4 Å². The maximum absolute atomic E-state index is 12.7. The number of allylic oxidation sites excluding steroid dienone is 2. The fraction of sp³-hybridized carbons (Fsp3) is 0.212. The lowest BCUT2D eigenvalue weighted by atomic mass is 10.0. The number of carbonyl (C=O) groups excluding carboxylic acids is 2. The molecule has 2 aromatic carbocycles. The molecule has 0 aliphatic carbocycles. The highest BCUT2D eigenvalue weighted by Crippen LogP contribution is 2.24. The van der Waals surface area contributed by atoms with E-state index >= 15 is 0 Å². The van der Waals surface area contributed by atoms with Crippen molar-refractivity contribution in [3.63, 3.8) is 0 Å². The van der Waals surface area contributed by atoms with Crippen LogP contribution in [0.1, 0.15) is 49.3 Å². The van der Waals surface area contributed by atoms with Gasteiger partial charge < -0.3 is 18.8 Å². The van der Waals surface area contributed by atoms with Crippen LogP contribution in [0.2, 0.25) is 0 Å². The number of phenols is 1. The second-order valence-corrected chi connectivity index (χ2v) is 9.95. The SMILES string of the molecule is Cc1ccc(/C=C/C(=O)c2ccc(N3CCN(Cc4cc(C(=O)/C=C/c5ccc(C)o5)ccc4O)CC3)cc2)o1. The average molecular weight is 537 g/mol. The van der Waals surface area contributed by atoms with Crippen molar-refractivity contribution < 1.29 is 23.5 Å². The predicted molar refractivity (Wildman–Crippen MR) is 156 cm³/mol. The second-order valence-electron chi connectivity index (χ2n) is 9.95. The Hall–Kier alpha value is -4.62. The van der Waals surface area contributed by atoms with Crippen molar-refractivity contribution in [3.8, 4) is 5.75 Å². The Labute approximate surface area is 233 Å². The van der Waals surface area contributed by atoms with Crippen LogP contribution in [0.5, 0.6) is 5.75 Å². The molecule has 0 spiro atoms. The van der Waals surface area contributed by atoms with Crippen molar-refractivity contribution in [1.82, 2.24) is 4.90 Å². The molecule has 1 aliphatic heterocycles. The first-order chi connectivity index (χ1) is 19.3. The molecule has 1 aliphatic rings. The number of carbonyl (C=O) groups is 2. The van der Waals surface area contributed by atoms with E-state index in [0.717, 1.165) is 49.0 Å². The number of aromatic hydroxyl groups is 1. The molecule has 2 aromatic heterocycles. The molecule has 204 valence electrons. The van der Waals surface area contributed by atoms with Crippen LogP contribution in [0.15, 0.2) is 87.7 Å². The first-order valence-electron chi connectivity index (χ1n) is 13.3. The monoisotopic (exact) mass is 536 g/mol. The zero-order valence-electron chi connectivity index (χ0n) is 22.7. The van der Waals surface area contributed by atoms with Crippen LogP contribution in [0.25, 0.3) is 12.2 Å². The number of furan rings is 2. The number of hydrogen-bond donors (Lipinski definition) is 1. The van der Waals surface area contributed by atoms with Gasteiger partial charge in [0.05, 0.1) is 0 Å². The van der Waals surface area contributed by atoms with Crippen LogP contribution in [-0.4, -0.2) is 47.8 Å². The third-order valence-electron chi connectivity index (χ3n) is 6.97. The second kappa shape index (κ2) is 12.1. The largest absolute Gasteiger partial charge is 0.508 e. The van der Waals surface area contributed by atoms with Crippen molar-refractivity contribution in [2.45, 2.75) is 20.4 Å². The highest BCUT2D eigenvalue weighted by Gasteiger charge is 2.19. The number of rotatable bonds is 9. The minimum Gasteiger partial charge on any atom is -0.508 e. The summed E-state index contributed by atoms with van der Waals surface area (Å²) in [7, 11) is 0. The number of piperazine rings is 1. The molecule has 0 unspecified atom stereocenters. The molecule has 7 nitrogen and oxygen atoms in total. The zero-order valence-corrected chi connectivity index (χ0v) is 22.7. The molecular weight excluding hydrogens is 504 g/mol. The standard InChI is InChI=1S/C33H32N2O5/c1-23-3-10-29(39-23)12-15-31(36)25-5-8-28(9-6-25)35-19-17-34(18-20-35)22-27-21-26(7-14-33(27)38)32(37)16-13-30-11-4-24(2)40-30/h3-16,21,38H,17-20,22H2,1-2H3/b15-12+,16-13+. The predicted octanol–water partition coefficient (Wildman–Crippen LogP) is 6.31. The van der Waals surface area contributed by atoms with Crippen molar-refractivity contribution >= 4 is 29.4 Å². The number of aryl methyl sites for hydroxylation is 2. The molecule has 1 saturated heterocycles. The molecule has 1 fully saturated rings. The molecular formula is C33H32N2O5. The van der Waals surface area contributed by atoms with Gasteiger partial charge in [0.15, 0.2) is 11.6 Å². The molecule has 7 heteroatoms. The third-order valence-corrected chi connectivity index (χ3v) is 6.97. The van der Waals surface area contributed by atoms with E-state index in [1.165, 1.54) is 12.2 Å². The Kier molecular flexibility index (Phi) is 8.12. The van der Waals surface area contributed by atoms with Gasteiger partial charge in [-0.25, -0.2) is 0 Å². The fourth-order valence-corrected chi connectivity index (χ4v) is 4.70. The summed E-state index contributed by atoms with van der Waals surface area (Å²) in [6.45, 7) is 7.52. The summed E-state index contributed by atoms with van der Waals surface area (Å²) in [5.74, 6) is 2.84. The summed E-state index contributed by atoms with van der Waals surface area (Å²) in [5.41, 5.74) is 2.94. The number of hydrogen-bond acceptors (Lipinski definition) is 7. The molecule has 5 rings (SSSR count). The maximum Gasteiger partial charge on any atom is 0.185 e. The lowest BCUT2D eigenvalue weighted by molar-refractivity contribution is 0.103. The number of nitrogens with zero attached hydrogens (tertiary/aromatic N) is 2. The van der Waals surface area contributed by atoms with Crippen LogP contribution in [0.4, 0.5) is 5.69 Å². The first kappa shape index (κ1) is 27.0. The van der Waals surface area contributed by atoms with Crippen molar-refractivity contribution in [2.75, 3.05) is 31.1 Å². The number of phenolic OH excluding ortho intramolecular Hbond substituents is 1. The fourth-order valence-electron chi connectivity index (χ4n) is 4.70. The van der Waals surface area contributed by atoms with Gasteiger partial charge in [-0.15, -0.1) is 0 Å². The molecule has 40 heavy (non-hydrogen) atoms. The van der Waals surface area contributed by atoms with Crippen LogP contribution in [-0.2, 0) is 6.54 Å². The summed E-state index contributed by atoms with van der Waals surface area (Å²) in [4.78, 5) is 29.8. The molecule has 0 atom stereocenters. The Morgan fingerprint density at radius 1 is 0.750 bits per heavy atom. The van der Waals surface area contributed by atoms with Gasteiger partial charge in [-0.05, 0) is 105 Å². The van der Waals surface area contributed by atoms with Gasteiger partial charge in [0, 0.05) is 55.1 Å². The van der Waals surface area contributed by atoms with E-state index in [1.807, 2.05) is 62.4 Å². The van der Waals surface area contributed by atoms with E-state index in [-0.39, 0.29) is 17.3 Å². The van der Waals surface area contributed by atoms with Crippen molar-refractivity contribution in [2.24, 2.45) is 0 Å².